The Morgan fingerprint density at radius 1 is 1.04 bits per heavy atom. The number of anilines is 1. The maximum atomic E-state index is 12.2. The molecule has 0 spiro atoms. The van der Waals surface area contributed by atoms with E-state index in [0.717, 1.165) is 0 Å². The predicted octanol–water partition coefficient (Wildman–Crippen LogP) is 2.39. The van der Waals surface area contributed by atoms with Gasteiger partial charge < -0.3 is 15.3 Å². The standard InChI is InChI=1S/C18H20N2O3/c1-13(12-21)20(2)18(23)15-8-10-16(11-9-15)19-17(22)14-6-4-3-5-7-14/h3-11,13,21H,12H2,1-2H3,(H,19,22). The fourth-order valence-electron chi connectivity index (χ4n) is 2.02. The van der Waals surface area contributed by atoms with Gasteiger partial charge in [-0.25, -0.2) is 0 Å². The van der Waals surface area contributed by atoms with Crippen LogP contribution in [0.5, 0.6) is 0 Å². The summed E-state index contributed by atoms with van der Waals surface area (Å²) >= 11 is 0. The molecule has 2 aromatic carbocycles. The van der Waals surface area contributed by atoms with Crippen LogP contribution in [0.3, 0.4) is 0 Å². The molecule has 2 amide bonds. The molecule has 0 radical (unpaired) electrons. The molecule has 0 aliphatic heterocycles. The second-order valence-electron chi connectivity index (χ2n) is 5.35. The van der Waals surface area contributed by atoms with Gasteiger partial charge in [-0.2, -0.15) is 0 Å². The topological polar surface area (TPSA) is 69.6 Å². The number of hydrogen-bond acceptors (Lipinski definition) is 3. The van der Waals surface area contributed by atoms with Crippen molar-refractivity contribution in [2.45, 2.75) is 13.0 Å². The van der Waals surface area contributed by atoms with Crippen molar-refractivity contribution in [2.75, 3.05) is 19.0 Å². The van der Waals surface area contributed by atoms with Gasteiger partial charge in [0.25, 0.3) is 11.8 Å². The molecule has 2 N–H and O–H groups in total. The van der Waals surface area contributed by atoms with E-state index < -0.39 is 0 Å². The normalized spacial score (nSPS) is 11.6. The van der Waals surface area contributed by atoms with Crippen LogP contribution < -0.4 is 5.32 Å². The number of rotatable bonds is 5. The molecule has 2 aromatic rings. The van der Waals surface area contributed by atoms with E-state index in [9.17, 15) is 9.59 Å². The van der Waals surface area contributed by atoms with Crippen LogP contribution in [0, 0.1) is 0 Å². The quantitative estimate of drug-likeness (QED) is 0.890. The van der Waals surface area contributed by atoms with E-state index in [-0.39, 0.29) is 24.5 Å². The predicted molar refractivity (Wildman–Crippen MR) is 89.5 cm³/mol. The lowest BCUT2D eigenvalue weighted by molar-refractivity contribution is 0.0682. The van der Waals surface area contributed by atoms with Crippen molar-refractivity contribution in [2.24, 2.45) is 0 Å². The Kier molecular flexibility index (Phi) is 5.49. The van der Waals surface area contributed by atoms with Gasteiger partial charge in [-0.15, -0.1) is 0 Å². The number of carbonyl (C=O) groups is 2. The van der Waals surface area contributed by atoms with Gasteiger partial charge in [0, 0.05) is 23.9 Å². The van der Waals surface area contributed by atoms with Crippen LogP contribution in [0.4, 0.5) is 5.69 Å². The Labute approximate surface area is 135 Å². The van der Waals surface area contributed by atoms with Crippen molar-refractivity contribution < 1.29 is 14.7 Å². The molecule has 1 atom stereocenters. The zero-order valence-electron chi connectivity index (χ0n) is 13.2. The molecule has 5 heteroatoms. The molecular weight excluding hydrogens is 292 g/mol. The summed E-state index contributed by atoms with van der Waals surface area (Å²) in [5, 5.41) is 11.9. The minimum Gasteiger partial charge on any atom is -0.394 e. The highest BCUT2D eigenvalue weighted by molar-refractivity contribution is 6.04. The van der Waals surface area contributed by atoms with E-state index in [1.54, 1.807) is 62.5 Å². The molecular formula is C18H20N2O3. The van der Waals surface area contributed by atoms with E-state index in [1.807, 2.05) is 6.07 Å². The lowest BCUT2D eigenvalue weighted by atomic mass is 10.1. The second-order valence-corrected chi connectivity index (χ2v) is 5.35. The van der Waals surface area contributed by atoms with Gasteiger partial charge in [0.05, 0.1) is 12.6 Å². The Morgan fingerprint density at radius 2 is 1.65 bits per heavy atom. The minimum atomic E-state index is -0.250. The maximum absolute atomic E-state index is 12.2. The first-order chi connectivity index (χ1) is 11.0. The summed E-state index contributed by atoms with van der Waals surface area (Å²) in [5.74, 6) is -0.372. The summed E-state index contributed by atoms with van der Waals surface area (Å²) in [7, 11) is 1.65. The monoisotopic (exact) mass is 312 g/mol. The molecule has 5 nitrogen and oxygen atoms in total. The number of benzene rings is 2. The average molecular weight is 312 g/mol. The lowest BCUT2D eigenvalue weighted by Crippen LogP contribution is -2.37. The van der Waals surface area contributed by atoms with Crippen LogP contribution in [0.2, 0.25) is 0 Å². The van der Waals surface area contributed by atoms with Crippen molar-refractivity contribution in [3.8, 4) is 0 Å². The van der Waals surface area contributed by atoms with Crippen molar-refractivity contribution >= 4 is 17.5 Å². The number of carbonyl (C=O) groups excluding carboxylic acids is 2. The highest BCUT2D eigenvalue weighted by Gasteiger charge is 2.16. The fourth-order valence-corrected chi connectivity index (χ4v) is 2.02. The Balaban J connectivity index is 2.05. The summed E-state index contributed by atoms with van der Waals surface area (Å²) in [4.78, 5) is 25.8. The van der Waals surface area contributed by atoms with Gasteiger partial charge in [0.15, 0.2) is 0 Å². The van der Waals surface area contributed by atoms with Crippen molar-refractivity contribution in [1.29, 1.82) is 0 Å². The van der Waals surface area contributed by atoms with Crippen LogP contribution in [-0.4, -0.2) is 41.5 Å². The Hall–Kier alpha value is -2.66. The van der Waals surface area contributed by atoms with E-state index >= 15 is 0 Å². The van der Waals surface area contributed by atoms with Gasteiger partial charge in [-0.1, -0.05) is 18.2 Å². The zero-order valence-corrected chi connectivity index (χ0v) is 13.2. The van der Waals surface area contributed by atoms with Crippen LogP contribution in [0.1, 0.15) is 27.6 Å². The lowest BCUT2D eigenvalue weighted by Gasteiger charge is -2.23. The van der Waals surface area contributed by atoms with Crippen molar-refractivity contribution in [3.05, 3.63) is 65.7 Å². The highest BCUT2D eigenvalue weighted by atomic mass is 16.3. The zero-order chi connectivity index (χ0) is 16.8. The summed E-state index contributed by atoms with van der Waals surface area (Å²) in [6, 6.07) is 15.4. The molecule has 23 heavy (non-hydrogen) atoms. The molecule has 0 saturated carbocycles. The summed E-state index contributed by atoms with van der Waals surface area (Å²) in [5.41, 5.74) is 1.70. The van der Waals surface area contributed by atoms with Gasteiger partial charge in [0.2, 0.25) is 0 Å². The molecule has 120 valence electrons. The van der Waals surface area contributed by atoms with Crippen molar-refractivity contribution in [3.63, 3.8) is 0 Å². The Bertz CT molecular complexity index is 668. The molecule has 0 aliphatic carbocycles. The van der Waals surface area contributed by atoms with E-state index in [2.05, 4.69) is 5.32 Å². The largest absolute Gasteiger partial charge is 0.394 e. The van der Waals surface area contributed by atoms with Crippen molar-refractivity contribution in [1.82, 2.24) is 4.90 Å². The van der Waals surface area contributed by atoms with Gasteiger partial charge in [-0.05, 0) is 43.3 Å². The first-order valence-corrected chi connectivity index (χ1v) is 7.37. The number of nitrogens with zero attached hydrogens (tertiary/aromatic N) is 1. The number of likely N-dealkylation sites (N-methyl/N-ethyl adjacent to an activating group) is 1. The van der Waals surface area contributed by atoms with Crippen LogP contribution in [0.15, 0.2) is 54.6 Å². The van der Waals surface area contributed by atoms with E-state index in [1.165, 1.54) is 4.90 Å². The average Bonchev–Trinajstić information content (AvgIpc) is 2.61. The van der Waals surface area contributed by atoms with Crippen LogP contribution in [-0.2, 0) is 0 Å². The summed E-state index contributed by atoms with van der Waals surface area (Å²) in [6.45, 7) is 1.68. The number of hydrogen-bond donors (Lipinski definition) is 2. The molecule has 0 aliphatic rings. The maximum Gasteiger partial charge on any atom is 0.255 e. The van der Waals surface area contributed by atoms with Gasteiger partial charge >= 0.3 is 0 Å². The molecule has 0 fully saturated rings. The summed E-state index contributed by atoms with van der Waals surface area (Å²) < 4.78 is 0. The first kappa shape index (κ1) is 16.7. The van der Waals surface area contributed by atoms with E-state index in [0.29, 0.717) is 16.8 Å². The smallest absolute Gasteiger partial charge is 0.255 e. The number of amides is 2. The third-order valence-corrected chi connectivity index (χ3v) is 3.67. The highest BCUT2D eigenvalue weighted by Crippen LogP contribution is 2.13. The molecule has 0 heterocycles. The first-order valence-electron chi connectivity index (χ1n) is 7.37. The van der Waals surface area contributed by atoms with Crippen LogP contribution >= 0.6 is 0 Å². The number of aliphatic hydroxyl groups excluding tert-OH is 1. The fraction of sp³-hybridized carbons (Fsp3) is 0.222. The number of aliphatic hydroxyl groups is 1. The molecule has 1 unspecified atom stereocenters. The van der Waals surface area contributed by atoms with Crippen LogP contribution in [0.25, 0.3) is 0 Å². The van der Waals surface area contributed by atoms with E-state index in [4.69, 9.17) is 5.11 Å². The third kappa shape index (κ3) is 4.17. The van der Waals surface area contributed by atoms with Gasteiger partial charge in [-0.3, -0.25) is 9.59 Å². The Morgan fingerprint density at radius 3 is 2.22 bits per heavy atom. The molecule has 0 saturated heterocycles. The second kappa shape index (κ2) is 7.56. The number of nitrogens with one attached hydrogen (secondary N) is 1. The molecule has 2 rings (SSSR count). The van der Waals surface area contributed by atoms with Gasteiger partial charge in [0.1, 0.15) is 0 Å². The minimum absolute atomic E-state index is 0.0898. The summed E-state index contributed by atoms with van der Waals surface area (Å²) in [6.07, 6.45) is 0. The molecule has 0 aromatic heterocycles. The SMILES string of the molecule is CC(CO)N(C)C(=O)c1ccc(NC(=O)c2ccccc2)cc1. The molecule has 0 bridgehead atoms. The third-order valence-electron chi connectivity index (χ3n) is 3.67.